The molecule has 0 saturated heterocycles. The number of rotatable bonds is 5. The molecular weight excluding hydrogens is 414 g/mol. The lowest BCUT2D eigenvalue weighted by atomic mass is 9.93. The van der Waals surface area contributed by atoms with Crippen LogP contribution in [0, 0.1) is 0 Å². The summed E-state index contributed by atoms with van der Waals surface area (Å²) in [6.07, 6.45) is 5.78. The van der Waals surface area contributed by atoms with Gasteiger partial charge in [-0.2, -0.15) is 5.10 Å². The molecule has 0 amide bonds. The van der Waals surface area contributed by atoms with E-state index in [0.29, 0.717) is 0 Å². The molecule has 33 heavy (non-hydrogen) atoms. The Balaban J connectivity index is 1.24. The number of fused-ring (bicyclic) bond motifs is 3. The highest BCUT2D eigenvalue weighted by atomic mass is 16.5. The number of aliphatic hydroxyl groups excluding tert-OH is 1. The minimum Gasteiger partial charge on any atom is -0.497 e. The monoisotopic (exact) mass is 439 g/mol. The van der Waals surface area contributed by atoms with Crippen LogP contribution in [0.3, 0.4) is 0 Å². The van der Waals surface area contributed by atoms with Crippen molar-refractivity contribution in [1.82, 2.24) is 25.1 Å². The number of aromatic nitrogens is 4. The lowest BCUT2D eigenvalue weighted by Crippen LogP contribution is -2.37. The summed E-state index contributed by atoms with van der Waals surface area (Å²) in [5.74, 6) is 0.795. The van der Waals surface area contributed by atoms with E-state index >= 15 is 0 Å². The van der Waals surface area contributed by atoms with Gasteiger partial charge in [-0.15, -0.1) is 0 Å². The van der Waals surface area contributed by atoms with Crippen LogP contribution in [0.5, 0.6) is 5.75 Å². The largest absolute Gasteiger partial charge is 0.497 e. The van der Waals surface area contributed by atoms with Crippen LogP contribution in [0.1, 0.15) is 29.6 Å². The number of para-hydroxylation sites is 1. The van der Waals surface area contributed by atoms with Gasteiger partial charge >= 0.3 is 0 Å². The number of pyridine rings is 1. The first-order chi connectivity index (χ1) is 16.2. The van der Waals surface area contributed by atoms with Gasteiger partial charge in [-0.3, -0.25) is 10.3 Å². The smallest absolute Gasteiger partial charge is 0.146 e. The van der Waals surface area contributed by atoms with E-state index in [1.165, 1.54) is 5.56 Å². The van der Waals surface area contributed by atoms with E-state index in [4.69, 9.17) is 9.84 Å². The van der Waals surface area contributed by atoms with Crippen molar-refractivity contribution in [1.29, 1.82) is 0 Å². The zero-order valence-electron chi connectivity index (χ0n) is 18.3. The van der Waals surface area contributed by atoms with E-state index in [9.17, 15) is 5.11 Å². The highest BCUT2D eigenvalue weighted by Gasteiger charge is 2.25. The Kier molecular flexibility index (Phi) is 4.86. The molecule has 0 fully saturated rings. The standard InChI is InChI=1S/C26H25N5O2/c1-33-19-7-9-23-20(14-19)25(10-11-27-23)31-15-17-12-18(6-8-22(17)30-31)28-26(32)24-13-16-4-2-3-5-21(16)29-24/h2-5,7,9-11,13-15,18,26,28-29,32H,6,8,12H2,1H3. The number of aliphatic hydroxyl groups is 1. The predicted octanol–water partition coefficient (Wildman–Crippen LogP) is 4.05. The van der Waals surface area contributed by atoms with Crippen molar-refractivity contribution in [3.63, 3.8) is 0 Å². The SMILES string of the molecule is COc1ccc2nccc(-n3cc4c(n3)CCC(NC(O)c3cc5ccccc5[nH]3)C4)c2c1. The van der Waals surface area contributed by atoms with E-state index in [0.717, 1.165) is 63.9 Å². The fourth-order valence-electron chi connectivity index (χ4n) is 4.76. The van der Waals surface area contributed by atoms with E-state index in [1.807, 2.05) is 65.5 Å². The number of H-pyrrole nitrogens is 1. The molecule has 1 aliphatic carbocycles. The Morgan fingerprint density at radius 2 is 2.09 bits per heavy atom. The summed E-state index contributed by atoms with van der Waals surface area (Å²) in [5.41, 5.74) is 6.02. The zero-order chi connectivity index (χ0) is 22.4. The number of nitrogens with zero attached hydrogens (tertiary/aromatic N) is 3. The molecule has 3 N–H and O–H groups in total. The molecule has 5 aromatic rings. The molecule has 2 atom stereocenters. The third-order valence-electron chi connectivity index (χ3n) is 6.48. The maximum absolute atomic E-state index is 10.8. The average molecular weight is 440 g/mol. The Morgan fingerprint density at radius 1 is 1.18 bits per heavy atom. The number of aromatic amines is 1. The predicted molar refractivity (Wildman–Crippen MR) is 128 cm³/mol. The van der Waals surface area contributed by atoms with E-state index < -0.39 is 6.23 Å². The molecule has 0 spiro atoms. The fraction of sp³-hybridized carbons (Fsp3) is 0.231. The van der Waals surface area contributed by atoms with Gasteiger partial charge in [-0.25, -0.2) is 4.68 Å². The van der Waals surface area contributed by atoms with Gasteiger partial charge in [0.25, 0.3) is 0 Å². The lowest BCUT2D eigenvalue weighted by Gasteiger charge is -2.25. The highest BCUT2D eigenvalue weighted by Crippen LogP contribution is 2.28. The van der Waals surface area contributed by atoms with Gasteiger partial charge in [0.2, 0.25) is 0 Å². The quantitative estimate of drug-likeness (QED) is 0.360. The van der Waals surface area contributed by atoms with Crippen molar-refractivity contribution >= 4 is 21.8 Å². The second kappa shape index (κ2) is 8.03. The van der Waals surface area contributed by atoms with Crippen molar-refractivity contribution in [2.24, 2.45) is 0 Å². The summed E-state index contributed by atoms with van der Waals surface area (Å²) in [5, 5.41) is 21.2. The van der Waals surface area contributed by atoms with Crippen LogP contribution < -0.4 is 10.1 Å². The van der Waals surface area contributed by atoms with Crippen molar-refractivity contribution in [3.05, 3.63) is 83.9 Å². The molecule has 0 saturated carbocycles. The summed E-state index contributed by atoms with van der Waals surface area (Å²) in [4.78, 5) is 7.79. The number of nitrogens with one attached hydrogen (secondary N) is 2. The molecular formula is C26H25N5O2. The summed E-state index contributed by atoms with van der Waals surface area (Å²) < 4.78 is 7.36. The van der Waals surface area contributed by atoms with Crippen molar-refractivity contribution in [2.45, 2.75) is 31.5 Å². The second-order valence-electron chi connectivity index (χ2n) is 8.58. The topological polar surface area (TPSA) is 88.0 Å². The van der Waals surface area contributed by atoms with Gasteiger partial charge in [0.05, 0.1) is 29.7 Å². The van der Waals surface area contributed by atoms with Gasteiger partial charge in [-0.05, 0) is 66.6 Å². The summed E-state index contributed by atoms with van der Waals surface area (Å²) in [6.45, 7) is 0. The molecule has 0 radical (unpaired) electrons. The summed E-state index contributed by atoms with van der Waals surface area (Å²) in [6, 6.07) is 18.1. The van der Waals surface area contributed by atoms with Gasteiger partial charge in [0, 0.05) is 29.3 Å². The van der Waals surface area contributed by atoms with E-state index in [-0.39, 0.29) is 6.04 Å². The van der Waals surface area contributed by atoms with Crippen molar-refractivity contribution in [2.75, 3.05) is 7.11 Å². The maximum Gasteiger partial charge on any atom is 0.146 e. The third-order valence-corrected chi connectivity index (χ3v) is 6.48. The Hall–Kier alpha value is -3.68. The maximum atomic E-state index is 10.8. The first-order valence-electron chi connectivity index (χ1n) is 11.2. The van der Waals surface area contributed by atoms with Crippen molar-refractivity contribution in [3.8, 4) is 11.4 Å². The lowest BCUT2D eigenvalue weighted by molar-refractivity contribution is 0.116. The first-order valence-corrected chi connectivity index (χ1v) is 11.2. The average Bonchev–Trinajstić information content (AvgIpc) is 3.47. The third kappa shape index (κ3) is 3.65. The number of hydrogen-bond acceptors (Lipinski definition) is 5. The number of ether oxygens (including phenoxy) is 1. The van der Waals surface area contributed by atoms with Gasteiger partial charge in [0.1, 0.15) is 12.0 Å². The molecule has 166 valence electrons. The number of methoxy groups -OCH3 is 1. The van der Waals surface area contributed by atoms with Crippen molar-refractivity contribution < 1.29 is 9.84 Å². The Morgan fingerprint density at radius 3 is 2.97 bits per heavy atom. The van der Waals surface area contributed by atoms with E-state index in [1.54, 1.807) is 7.11 Å². The molecule has 0 bridgehead atoms. The minimum absolute atomic E-state index is 0.172. The molecule has 2 unspecified atom stereocenters. The molecule has 6 rings (SSSR count). The number of benzene rings is 2. The van der Waals surface area contributed by atoms with Crippen LogP contribution in [-0.2, 0) is 12.8 Å². The molecule has 1 aliphatic rings. The second-order valence-corrected chi connectivity index (χ2v) is 8.58. The number of aryl methyl sites for hydroxylation is 1. The molecule has 7 heteroatoms. The Labute approximate surface area is 191 Å². The normalized spacial score (nSPS) is 16.7. The minimum atomic E-state index is -0.740. The molecule has 2 aromatic carbocycles. The fourth-order valence-corrected chi connectivity index (χ4v) is 4.76. The van der Waals surface area contributed by atoms with Gasteiger partial charge < -0.3 is 14.8 Å². The zero-order valence-corrected chi connectivity index (χ0v) is 18.3. The highest BCUT2D eigenvalue weighted by molar-refractivity contribution is 5.88. The van der Waals surface area contributed by atoms with Crippen LogP contribution in [-0.4, -0.2) is 38.0 Å². The van der Waals surface area contributed by atoms with Gasteiger partial charge in [0.15, 0.2) is 0 Å². The summed E-state index contributed by atoms with van der Waals surface area (Å²) in [7, 11) is 1.67. The molecule has 3 heterocycles. The summed E-state index contributed by atoms with van der Waals surface area (Å²) >= 11 is 0. The van der Waals surface area contributed by atoms with Gasteiger partial charge in [-0.1, -0.05) is 18.2 Å². The van der Waals surface area contributed by atoms with Crippen LogP contribution in [0.25, 0.3) is 27.5 Å². The first kappa shape index (κ1) is 20.0. The number of hydrogen-bond donors (Lipinski definition) is 3. The molecule has 0 aliphatic heterocycles. The van der Waals surface area contributed by atoms with Crippen LogP contribution in [0.15, 0.2) is 67.0 Å². The Bertz CT molecular complexity index is 1420. The van der Waals surface area contributed by atoms with Crippen LogP contribution in [0.2, 0.25) is 0 Å². The van der Waals surface area contributed by atoms with E-state index in [2.05, 4.69) is 21.5 Å². The molecule has 3 aromatic heterocycles. The van der Waals surface area contributed by atoms with Crippen LogP contribution >= 0.6 is 0 Å². The van der Waals surface area contributed by atoms with Crippen LogP contribution in [0.4, 0.5) is 0 Å². The molecule has 7 nitrogen and oxygen atoms in total.